The fourth-order valence-electron chi connectivity index (χ4n) is 2.18. The summed E-state index contributed by atoms with van der Waals surface area (Å²) in [4.78, 5) is 15.2. The lowest BCUT2D eigenvalue weighted by Gasteiger charge is -2.13. The Morgan fingerprint density at radius 1 is 1.20 bits per heavy atom. The van der Waals surface area contributed by atoms with Crippen LogP contribution in [0, 0.1) is 20.8 Å². The van der Waals surface area contributed by atoms with Gasteiger partial charge in [-0.2, -0.15) is 0 Å². The lowest BCUT2D eigenvalue weighted by molar-refractivity contribution is 0.0697. The molecule has 0 atom stereocenters. The van der Waals surface area contributed by atoms with Crippen molar-refractivity contribution in [1.82, 2.24) is 4.98 Å². The van der Waals surface area contributed by atoms with E-state index < -0.39 is 5.97 Å². The van der Waals surface area contributed by atoms with Crippen molar-refractivity contribution < 1.29 is 9.90 Å². The highest BCUT2D eigenvalue weighted by molar-refractivity contribution is 6.33. The van der Waals surface area contributed by atoms with Crippen molar-refractivity contribution in [3.63, 3.8) is 0 Å². The Hall–Kier alpha value is -2.07. The van der Waals surface area contributed by atoms with E-state index in [-0.39, 0.29) is 10.6 Å². The topological polar surface area (TPSA) is 62.2 Å². The van der Waals surface area contributed by atoms with E-state index >= 15 is 0 Å². The number of halogens is 1. The number of pyridine rings is 1. The molecule has 5 heteroatoms. The van der Waals surface area contributed by atoms with Gasteiger partial charge < -0.3 is 10.4 Å². The van der Waals surface area contributed by atoms with Crippen LogP contribution in [0.4, 0.5) is 11.5 Å². The number of aromatic nitrogens is 1. The summed E-state index contributed by atoms with van der Waals surface area (Å²) in [5.74, 6) is -0.611. The summed E-state index contributed by atoms with van der Waals surface area (Å²) in [5, 5.41) is 12.3. The Kier molecular flexibility index (Phi) is 3.95. The van der Waals surface area contributed by atoms with Gasteiger partial charge in [0.1, 0.15) is 5.82 Å². The number of aryl methyl sites for hydroxylation is 3. The Morgan fingerprint density at radius 2 is 1.80 bits per heavy atom. The van der Waals surface area contributed by atoms with E-state index in [4.69, 9.17) is 16.7 Å². The third-order valence-electron chi connectivity index (χ3n) is 3.02. The van der Waals surface area contributed by atoms with Gasteiger partial charge in [-0.15, -0.1) is 0 Å². The van der Waals surface area contributed by atoms with Gasteiger partial charge in [0.15, 0.2) is 0 Å². The number of benzene rings is 1. The van der Waals surface area contributed by atoms with Crippen LogP contribution in [-0.2, 0) is 0 Å². The van der Waals surface area contributed by atoms with Gasteiger partial charge in [-0.3, -0.25) is 0 Å². The van der Waals surface area contributed by atoms with Crippen LogP contribution in [0.25, 0.3) is 0 Å². The Bertz CT molecular complexity index is 661. The zero-order valence-corrected chi connectivity index (χ0v) is 12.2. The van der Waals surface area contributed by atoms with Gasteiger partial charge >= 0.3 is 5.97 Å². The second-order valence-corrected chi connectivity index (χ2v) is 5.16. The first-order chi connectivity index (χ1) is 9.38. The van der Waals surface area contributed by atoms with Crippen LogP contribution >= 0.6 is 11.6 Å². The smallest absolute Gasteiger partial charge is 0.337 e. The van der Waals surface area contributed by atoms with E-state index in [9.17, 15) is 4.79 Å². The minimum Gasteiger partial charge on any atom is -0.478 e. The zero-order chi connectivity index (χ0) is 14.9. The van der Waals surface area contributed by atoms with Gasteiger partial charge in [-0.25, -0.2) is 9.78 Å². The predicted octanol–water partition coefficient (Wildman–Crippen LogP) is 4.10. The largest absolute Gasteiger partial charge is 0.478 e. The molecule has 2 aromatic rings. The molecule has 0 bridgehead atoms. The molecule has 0 spiro atoms. The van der Waals surface area contributed by atoms with Gasteiger partial charge in [0.05, 0.1) is 10.6 Å². The first kappa shape index (κ1) is 14.3. The van der Waals surface area contributed by atoms with Crippen LogP contribution in [0.15, 0.2) is 24.4 Å². The van der Waals surface area contributed by atoms with Crippen molar-refractivity contribution in [2.75, 3.05) is 5.32 Å². The average Bonchev–Trinajstić information content (AvgIpc) is 2.35. The number of nitrogens with one attached hydrogen (secondary N) is 1. The van der Waals surface area contributed by atoms with Crippen LogP contribution in [-0.4, -0.2) is 16.1 Å². The highest BCUT2D eigenvalue weighted by Crippen LogP contribution is 2.26. The van der Waals surface area contributed by atoms with Gasteiger partial charge in [-0.1, -0.05) is 29.3 Å². The molecule has 20 heavy (non-hydrogen) atoms. The van der Waals surface area contributed by atoms with E-state index in [0.717, 1.165) is 16.8 Å². The van der Waals surface area contributed by atoms with Crippen molar-refractivity contribution in [3.8, 4) is 0 Å². The molecule has 4 nitrogen and oxygen atoms in total. The maximum absolute atomic E-state index is 11.1. The van der Waals surface area contributed by atoms with Crippen molar-refractivity contribution in [3.05, 3.63) is 51.7 Å². The number of carbonyl (C=O) groups is 1. The van der Waals surface area contributed by atoms with Crippen molar-refractivity contribution in [1.29, 1.82) is 0 Å². The molecule has 0 amide bonds. The number of carboxylic acid groups (broad SMARTS) is 1. The number of hydrogen-bond acceptors (Lipinski definition) is 3. The van der Waals surface area contributed by atoms with Crippen molar-refractivity contribution in [2.45, 2.75) is 20.8 Å². The molecule has 0 aliphatic rings. The molecule has 0 fully saturated rings. The van der Waals surface area contributed by atoms with Crippen LogP contribution in [0.2, 0.25) is 5.02 Å². The fraction of sp³-hybridized carbons (Fsp3) is 0.200. The van der Waals surface area contributed by atoms with Crippen molar-refractivity contribution >= 4 is 29.1 Å². The number of aromatic carboxylic acids is 1. The van der Waals surface area contributed by atoms with Gasteiger partial charge in [0.25, 0.3) is 0 Å². The Labute approximate surface area is 122 Å². The first-order valence-corrected chi connectivity index (χ1v) is 6.50. The summed E-state index contributed by atoms with van der Waals surface area (Å²) >= 11 is 5.81. The SMILES string of the molecule is Cc1cc(C)c(Nc2cc(C(=O)O)c(Cl)cn2)c(C)c1. The normalized spacial score (nSPS) is 10.4. The molecule has 1 aromatic heterocycles. The van der Waals surface area contributed by atoms with Crippen LogP contribution in [0.1, 0.15) is 27.0 Å². The molecular formula is C15H15ClN2O2. The number of carboxylic acids is 1. The molecule has 0 saturated heterocycles. The van der Waals surface area contributed by atoms with E-state index in [1.54, 1.807) is 0 Å². The molecule has 1 heterocycles. The number of hydrogen-bond donors (Lipinski definition) is 2. The highest BCUT2D eigenvalue weighted by Gasteiger charge is 2.12. The molecule has 0 saturated carbocycles. The maximum Gasteiger partial charge on any atom is 0.337 e. The van der Waals surface area contributed by atoms with E-state index in [0.29, 0.717) is 5.82 Å². The Morgan fingerprint density at radius 3 is 2.35 bits per heavy atom. The molecule has 0 radical (unpaired) electrons. The quantitative estimate of drug-likeness (QED) is 0.893. The van der Waals surface area contributed by atoms with Gasteiger partial charge in [0, 0.05) is 11.9 Å². The summed E-state index contributed by atoms with van der Waals surface area (Å²) < 4.78 is 0. The molecule has 2 rings (SSSR count). The van der Waals surface area contributed by atoms with Crippen molar-refractivity contribution in [2.24, 2.45) is 0 Å². The molecule has 2 N–H and O–H groups in total. The Balaban J connectivity index is 2.41. The minimum absolute atomic E-state index is 0.0339. The fourth-order valence-corrected chi connectivity index (χ4v) is 2.36. The van der Waals surface area contributed by atoms with Crippen LogP contribution in [0.3, 0.4) is 0 Å². The lowest BCUT2D eigenvalue weighted by Crippen LogP contribution is -2.03. The molecule has 0 aliphatic heterocycles. The predicted molar refractivity (Wildman–Crippen MR) is 80.1 cm³/mol. The van der Waals surface area contributed by atoms with E-state index in [1.807, 2.05) is 20.8 Å². The molecule has 0 unspecified atom stereocenters. The third-order valence-corrected chi connectivity index (χ3v) is 3.32. The lowest BCUT2D eigenvalue weighted by atomic mass is 10.1. The summed E-state index contributed by atoms with van der Waals surface area (Å²) in [5.41, 5.74) is 4.31. The highest BCUT2D eigenvalue weighted by atomic mass is 35.5. The minimum atomic E-state index is -1.07. The molecule has 0 aliphatic carbocycles. The number of anilines is 2. The maximum atomic E-state index is 11.1. The second kappa shape index (κ2) is 5.51. The van der Waals surface area contributed by atoms with Gasteiger partial charge in [0.2, 0.25) is 0 Å². The van der Waals surface area contributed by atoms with Gasteiger partial charge in [-0.05, 0) is 38.0 Å². The molecule has 1 aromatic carbocycles. The molecular weight excluding hydrogens is 276 g/mol. The monoisotopic (exact) mass is 290 g/mol. The summed E-state index contributed by atoms with van der Waals surface area (Å²) in [6.07, 6.45) is 1.34. The van der Waals surface area contributed by atoms with Crippen LogP contribution < -0.4 is 5.32 Å². The standard InChI is InChI=1S/C15H15ClN2O2/c1-8-4-9(2)14(10(3)5-8)18-13-6-11(15(19)20)12(16)7-17-13/h4-7H,1-3H3,(H,17,18)(H,19,20). The zero-order valence-electron chi connectivity index (χ0n) is 11.5. The van der Waals surface area contributed by atoms with E-state index in [1.165, 1.54) is 17.8 Å². The second-order valence-electron chi connectivity index (χ2n) is 4.75. The summed E-state index contributed by atoms with van der Waals surface area (Å²) in [6, 6.07) is 5.55. The third kappa shape index (κ3) is 2.91. The van der Waals surface area contributed by atoms with Crippen LogP contribution in [0.5, 0.6) is 0 Å². The molecule has 104 valence electrons. The number of rotatable bonds is 3. The summed E-state index contributed by atoms with van der Waals surface area (Å²) in [6.45, 7) is 6.03. The first-order valence-electron chi connectivity index (χ1n) is 6.12. The summed E-state index contributed by atoms with van der Waals surface area (Å²) in [7, 11) is 0. The van der Waals surface area contributed by atoms with E-state index in [2.05, 4.69) is 22.4 Å². The average molecular weight is 291 g/mol. The number of nitrogens with zero attached hydrogens (tertiary/aromatic N) is 1.